The van der Waals surface area contributed by atoms with Crippen molar-refractivity contribution in [1.82, 2.24) is 5.32 Å². The minimum atomic E-state index is -1.72. The molecule has 0 aromatic heterocycles. The van der Waals surface area contributed by atoms with E-state index in [2.05, 4.69) is 5.32 Å². The van der Waals surface area contributed by atoms with Gasteiger partial charge in [-0.05, 0) is 6.42 Å². The average molecular weight is 251 g/mol. The number of methoxy groups -OCH3 is 1. The average Bonchev–Trinajstić information content (AvgIpc) is 2.36. The Morgan fingerprint density at radius 3 is 2.24 bits per heavy atom. The molecule has 0 bridgehead atoms. The first-order valence-electron chi connectivity index (χ1n) is 5.41. The molecular weight excluding hydrogens is 230 g/mol. The monoisotopic (exact) mass is 251 g/mol. The van der Waals surface area contributed by atoms with Gasteiger partial charge < -0.3 is 30.0 Å². The Kier molecular flexibility index (Phi) is 8.23. The van der Waals surface area contributed by atoms with Crippen LogP contribution in [-0.4, -0.2) is 71.0 Å². The van der Waals surface area contributed by atoms with E-state index in [0.29, 0.717) is 6.42 Å². The van der Waals surface area contributed by atoms with E-state index in [1.54, 1.807) is 0 Å². The lowest BCUT2D eigenvalue weighted by Crippen LogP contribution is -2.49. The Morgan fingerprint density at radius 1 is 1.24 bits per heavy atom. The molecular formula is C10H21NO6. The highest BCUT2D eigenvalue weighted by molar-refractivity contribution is 5.56. The van der Waals surface area contributed by atoms with Gasteiger partial charge in [0.15, 0.2) is 6.29 Å². The van der Waals surface area contributed by atoms with E-state index in [1.165, 1.54) is 7.11 Å². The Morgan fingerprint density at radius 2 is 1.82 bits per heavy atom. The van der Waals surface area contributed by atoms with Crippen molar-refractivity contribution >= 4 is 6.29 Å². The van der Waals surface area contributed by atoms with Crippen molar-refractivity contribution in [2.75, 3.05) is 13.7 Å². The van der Waals surface area contributed by atoms with Crippen LogP contribution in [0.5, 0.6) is 0 Å². The summed E-state index contributed by atoms with van der Waals surface area (Å²) in [5.74, 6) is 0. The molecule has 0 aliphatic rings. The summed E-state index contributed by atoms with van der Waals surface area (Å²) in [5.41, 5.74) is 0. The fourth-order valence-corrected chi connectivity index (χ4v) is 1.28. The van der Waals surface area contributed by atoms with Crippen LogP contribution in [0, 0.1) is 0 Å². The van der Waals surface area contributed by atoms with E-state index in [4.69, 9.17) is 9.84 Å². The van der Waals surface area contributed by atoms with E-state index in [1.807, 2.05) is 6.92 Å². The fourth-order valence-electron chi connectivity index (χ4n) is 1.28. The number of hydrogen-bond acceptors (Lipinski definition) is 7. The molecule has 0 radical (unpaired) electrons. The summed E-state index contributed by atoms with van der Waals surface area (Å²) in [6.45, 7) is 1.84. The SMILES string of the molecule is CCC(NC[C@@H](O)[C@@H](O)[C@H](O)[C@@H](O)C=O)OC. The van der Waals surface area contributed by atoms with Gasteiger partial charge in [-0.1, -0.05) is 6.92 Å². The Labute approximate surface area is 100 Å². The van der Waals surface area contributed by atoms with Crippen molar-refractivity contribution in [3.63, 3.8) is 0 Å². The van der Waals surface area contributed by atoms with Gasteiger partial charge in [-0.25, -0.2) is 0 Å². The Hall–Kier alpha value is -0.570. The zero-order valence-electron chi connectivity index (χ0n) is 9.98. The van der Waals surface area contributed by atoms with Gasteiger partial charge >= 0.3 is 0 Å². The minimum absolute atomic E-state index is 0.0316. The molecule has 0 spiro atoms. The first kappa shape index (κ1) is 16.4. The number of nitrogens with one attached hydrogen (secondary N) is 1. The summed E-state index contributed by atoms with van der Waals surface area (Å²) in [6.07, 6.45) is -5.88. The second-order valence-corrected chi connectivity index (χ2v) is 3.72. The van der Waals surface area contributed by atoms with Crippen LogP contribution in [0.25, 0.3) is 0 Å². The maximum atomic E-state index is 10.2. The highest BCUT2D eigenvalue weighted by atomic mass is 16.5. The van der Waals surface area contributed by atoms with Gasteiger partial charge in [0.05, 0.1) is 6.10 Å². The molecule has 7 nitrogen and oxygen atoms in total. The fraction of sp³-hybridized carbons (Fsp3) is 0.900. The summed E-state index contributed by atoms with van der Waals surface area (Å²) >= 11 is 0. The molecule has 1 unspecified atom stereocenters. The topological polar surface area (TPSA) is 119 Å². The third-order valence-corrected chi connectivity index (χ3v) is 2.44. The van der Waals surface area contributed by atoms with Crippen LogP contribution >= 0.6 is 0 Å². The molecule has 0 fully saturated rings. The molecule has 0 saturated carbocycles. The van der Waals surface area contributed by atoms with Crippen molar-refractivity contribution in [2.24, 2.45) is 0 Å². The smallest absolute Gasteiger partial charge is 0.151 e. The summed E-state index contributed by atoms with van der Waals surface area (Å²) in [5, 5.41) is 40.0. The number of rotatable bonds is 9. The minimum Gasteiger partial charge on any atom is -0.389 e. The van der Waals surface area contributed by atoms with Crippen LogP contribution < -0.4 is 5.32 Å². The Bertz CT molecular complexity index is 211. The van der Waals surface area contributed by atoms with Gasteiger partial charge in [-0.3, -0.25) is 5.32 Å². The van der Waals surface area contributed by atoms with Gasteiger partial charge in [0, 0.05) is 13.7 Å². The molecule has 5 atom stereocenters. The zero-order chi connectivity index (χ0) is 13.4. The van der Waals surface area contributed by atoms with Crippen molar-refractivity contribution < 1.29 is 30.0 Å². The largest absolute Gasteiger partial charge is 0.389 e. The zero-order valence-corrected chi connectivity index (χ0v) is 9.98. The highest BCUT2D eigenvalue weighted by Crippen LogP contribution is 2.04. The number of ether oxygens (including phenoxy) is 1. The summed E-state index contributed by atoms with van der Waals surface area (Å²) < 4.78 is 4.99. The molecule has 0 saturated heterocycles. The van der Waals surface area contributed by atoms with Crippen LogP contribution in [0.2, 0.25) is 0 Å². The number of carbonyl (C=O) groups is 1. The number of aldehydes is 1. The first-order chi connectivity index (χ1) is 7.97. The molecule has 5 N–H and O–H groups in total. The van der Waals surface area contributed by atoms with Crippen LogP contribution in [-0.2, 0) is 9.53 Å². The quantitative estimate of drug-likeness (QED) is 0.229. The predicted octanol–water partition coefficient (Wildman–Crippen LogP) is -2.40. The summed E-state index contributed by atoms with van der Waals surface area (Å²) in [7, 11) is 1.50. The van der Waals surface area contributed by atoms with Gasteiger partial charge in [0.1, 0.15) is 24.5 Å². The van der Waals surface area contributed by atoms with Gasteiger partial charge in [0.2, 0.25) is 0 Å². The molecule has 0 amide bonds. The molecule has 0 aliphatic carbocycles. The number of hydrogen-bond donors (Lipinski definition) is 5. The molecule has 0 heterocycles. The molecule has 7 heteroatoms. The van der Waals surface area contributed by atoms with E-state index >= 15 is 0 Å². The van der Waals surface area contributed by atoms with Gasteiger partial charge in [0.25, 0.3) is 0 Å². The molecule has 0 aliphatic heterocycles. The number of aliphatic hydroxyl groups is 4. The highest BCUT2D eigenvalue weighted by Gasteiger charge is 2.30. The summed E-state index contributed by atoms with van der Waals surface area (Å²) in [6, 6.07) is 0. The van der Waals surface area contributed by atoms with Crippen LogP contribution in [0.3, 0.4) is 0 Å². The lowest BCUT2D eigenvalue weighted by atomic mass is 10.0. The third kappa shape index (κ3) is 5.53. The lowest BCUT2D eigenvalue weighted by Gasteiger charge is -2.25. The molecule has 102 valence electrons. The van der Waals surface area contributed by atoms with Crippen molar-refractivity contribution in [2.45, 2.75) is 44.0 Å². The maximum absolute atomic E-state index is 10.2. The van der Waals surface area contributed by atoms with Crippen LogP contribution in [0.4, 0.5) is 0 Å². The molecule has 0 aromatic rings. The second-order valence-electron chi connectivity index (χ2n) is 3.72. The standard InChI is InChI=1S/C10H21NO6/c1-3-8(17-2)11-4-6(13)9(15)10(16)7(14)5-12/h5-11,13-16H,3-4H2,1-2H3/t6-,7+,8?,9-,10-/m1/s1. The van der Waals surface area contributed by atoms with Gasteiger partial charge in [-0.15, -0.1) is 0 Å². The lowest BCUT2D eigenvalue weighted by molar-refractivity contribution is -0.133. The van der Waals surface area contributed by atoms with E-state index in [-0.39, 0.29) is 19.1 Å². The molecule has 0 aromatic carbocycles. The number of carbonyl (C=O) groups excluding carboxylic acids is 1. The van der Waals surface area contributed by atoms with E-state index in [9.17, 15) is 20.1 Å². The van der Waals surface area contributed by atoms with Crippen molar-refractivity contribution in [3.8, 4) is 0 Å². The van der Waals surface area contributed by atoms with Crippen LogP contribution in [0.1, 0.15) is 13.3 Å². The van der Waals surface area contributed by atoms with Crippen LogP contribution in [0.15, 0.2) is 0 Å². The normalized spacial score (nSPS) is 20.4. The third-order valence-electron chi connectivity index (χ3n) is 2.44. The van der Waals surface area contributed by atoms with Gasteiger partial charge in [-0.2, -0.15) is 0 Å². The summed E-state index contributed by atoms with van der Waals surface area (Å²) in [4.78, 5) is 10.2. The van der Waals surface area contributed by atoms with E-state index < -0.39 is 24.4 Å². The van der Waals surface area contributed by atoms with E-state index in [0.717, 1.165) is 0 Å². The number of aliphatic hydroxyl groups excluding tert-OH is 4. The molecule has 0 rings (SSSR count). The molecule has 17 heavy (non-hydrogen) atoms. The maximum Gasteiger partial charge on any atom is 0.151 e. The van der Waals surface area contributed by atoms with Crippen molar-refractivity contribution in [3.05, 3.63) is 0 Å². The predicted molar refractivity (Wildman–Crippen MR) is 59.2 cm³/mol. The first-order valence-corrected chi connectivity index (χ1v) is 5.41. The Balaban J connectivity index is 4.12. The second kappa shape index (κ2) is 8.51. The van der Waals surface area contributed by atoms with Crippen molar-refractivity contribution in [1.29, 1.82) is 0 Å².